The van der Waals surface area contributed by atoms with Crippen molar-refractivity contribution in [3.63, 3.8) is 0 Å². The molecule has 6 heteroatoms. The highest BCUT2D eigenvalue weighted by Gasteiger charge is 2.16. The van der Waals surface area contributed by atoms with Crippen LogP contribution in [-0.4, -0.2) is 36.5 Å². The van der Waals surface area contributed by atoms with Gasteiger partial charge in [0.2, 0.25) is 0 Å². The number of nitrogens with two attached hydrogens (primary N) is 1. The smallest absolute Gasteiger partial charge is 0.348 e. The Bertz CT molecular complexity index is 662. The SMILES string of the molecule is CCN(CC)C(=O)COC(=O)c1cc2cc(N)ccc2s1. The van der Waals surface area contributed by atoms with E-state index in [-0.39, 0.29) is 12.5 Å². The maximum absolute atomic E-state index is 12.0. The van der Waals surface area contributed by atoms with Crippen LogP contribution in [0.25, 0.3) is 10.1 Å². The number of nitrogens with zero attached hydrogens (tertiary/aromatic N) is 1. The van der Waals surface area contributed by atoms with Gasteiger partial charge in [-0.25, -0.2) is 4.79 Å². The maximum Gasteiger partial charge on any atom is 0.348 e. The van der Waals surface area contributed by atoms with E-state index >= 15 is 0 Å². The van der Waals surface area contributed by atoms with Crippen LogP contribution >= 0.6 is 11.3 Å². The molecule has 2 rings (SSSR count). The van der Waals surface area contributed by atoms with Crippen LogP contribution in [0.4, 0.5) is 5.69 Å². The third kappa shape index (κ3) is 3.52. The Morgan fingerprint density at radius 3 is 2.62 bits per heavy atom. The van der Waals surface area contributed by atoms with Gasteiger partial charge in [-0.15, -0.1) is 11.3 Å². The second kappa shape index (κ2) is 6.58. The monoisotopic (exact) mass is 306 g/mol. The second-order valence-corrected chi connectivity index (χ2v) is 5.63. The van der Waals surface area contributed by atoms with Crippen LogP contribution in [0.2, 0.25) is 0 Å². The molecule has 112 valence electrons. The normalized spacial score (nSPS) is 10.6. The summed E-state index contributed by atoms with van der Waals surface area (Å²) < 4.78 is 6.05. The van der Waals surface area contributed by atoms with E-state index < -0.39 is 5.97 Å². The van der Waals surface area contributed by atoms with Crippen LogP contribution in [0.15, 0.2) is 24.3 Å². The van der Waals surface area contributed by atoms with E-state index in [1.807, 2.05) is 26.0 Å². The molecule has 0 saturated heterocycles. The molecule has 0 aliphatic heterocycles. The molecule has 0 saturated carbocycles. The highest BCUT2D eigenvalue weighted by Crippen LogP contribution is 2.27. The van der Waals surface area contributed by atoms with Crippen LogP contribution in [0.3, 0.4) is 0 Å². The lowest BCUT2D eigenvalue weighted by molar-refractivity contribution is -0.134. The predicted octanol–water partition coefficient (Wildman–Crippen LogP) is 2.51. The van der Waals surface area contributed by atoms with Gasteiger partial charge in [-0.2, -0.15) is 0 Å². The van der Waals surface area contributed by atoms with E-state index in [9.17, 15) is 9.59 Å². The van der Waals surface area contributed by atoms with Gasteiger partial charge in [0.15, 0.2) is 6.61 Å². The minimum Gasteiger partial charge on any atom is -0.451 e. The lowest BCUT2D eigenvalue weighted by atomic mass is 10.2. The molecule has 2 N–H and O–H groups in total. The number of carbonyl (C=O) groups is 2. The van der Waals surface area contributed by atoms with E-state index in [4.69, 9.17) is 10.5 Å². The zero-order chi connectivity index (χ0) is 15.4. The molecule has 0 unspecified atom stereocenters. The fourth-order valence-corrected chi connectivity index (χ4v) is 2.97. The molecular weight excluding hydrogens is 288 g/mol. The van der Waals surface area contributed by atoms with E-state index in [0.29, 0.717) is 23.7 Å². The fourth-order valence-electron chi connectivity index (χ4n) is 2.03. The number of hydrogen-bond donors (Lipinski definition) is 1. The van der Waals surface area contributed by atoms with Gasteiger partial charge in [0.05, 0.1) is 0 Å². The molecule has 1 aromatic carbocycles. The molecule has 0 radical (unpaired) electrons. The van der Waals surface area contributed by atoms with E-state index in [0.717, 1.165) is 10.1 Å². The zero-order valence-corrected chi connectivity index (χ0v) is 12.9. The summed E-state index contributed by atoms with van der Waals surface area (Å²) in [5, 5.41) is 0.905. The maximum atomic E-state index is 12.0. The quantitative estimate of drug-likeness (QED) is 0.680. The van der Waals surface area contributed by atoms with Gasteiger partial charge in [0.1, 0.15) is 4.88 Å². The first-order chi connectivity index (χ1) is 10.0. The highest BCUT2D eigenvalue weighted by molar-refractivity contribution is 7.20. The van der Waals surface area contributed by atoms with Gasteiger partial charge >= 0.3 is 5.97 Å². The molecule has 0 bridgehead atoms. The number of likely N-dealkylation sites (N-methyl/N-ethyl adjacent to an activating group) is 1. The third-order valence-corrected chi connectivity index (χ3v) is 4.28. The molecule has 0 atom stereocenters. The Kier molecular flexibility index (Phi) is 4.80. The van der Waals surface area contributed by atoms with E-state index in [1.165, 1.54) is 11.3 Å². The van der Waals surface area contributed by atoms with Crippen molar-refractivity contribution in [2.24, 2.45) is 0 Å². The van der Waals surface area contributed by atoms with Crippen LogP contribution in [0.1, 0.15) is 23.5 Å². The summed E-state index contributed by atoms with van der Waals surface area (Å²) in [5.74, 6) is -0.658. The Morgan fingerprint density at radius 2 is 1.95 bits per heavy atom. The van der Waals surface area contributed by atoms with Crippen molar-refractivity contribution >= 4 is 39.0 Å². The number of benzene rings is 1. The molecule has 1 heterocycles. The van der Waals surface area contributed by atoms with Crippen LogP contribution in [-0.2, 0) is 9.53 Å². The van der Waals surface area contributed by atoms with Crippen molar-refractivity contribution in [1.82, 2.24) is 4.90 Å². The number of amides is 1. The second-order valence-electron chi connectivity index (χ2n) is 4.55. The number of hydrogen-bond acceptors (Lipinski definition) is 5. The standard InChI is InChI=1S/C15H18N2O3S/c1-3-17(4-2)14(18)9-20-15(19)13-8-10-7-11(16)5-6-12(10)21-13/h5-8H,3-4,9,16H2,1-2H3. The number of thiophene rings is 1. The minimum atomic E-state index is -0.477. The number of nitrogen functional groups attached to an aromatic ring is 1. The van der Waals surface area contributed by atoms with Gasteiger partial charge in [-0.1, -0.05) is 0 Å². The predicted molar refractivity (Wildman–Crippen MR) is 84.4 cm³/mol. The fraction of sp³-hybridized carbons (Fsp3) is 0.333. The molecule has 1 amide bonds. The lowest BCUT2D eigenvalue weighted by Gasteiger charge is -2.17. The Hall–Kier alpha value is -2.08. The highest BCUT2D eigenvalue weighted by atomic mass is 32.1. The lowest BCUT2D eigenvalue weighted by Crippen LogP contribution is -2.34. The van der Waals surface area contributed by atoms with Crippen molar-refractivity contribution in [2.75, 3.05) is 25.4 Å². The Morgan fingerprint density at radius 1 is 1.24 bits per heavy atom. The summed E-state index contributed by atoms with van der Waals surface area (Å²) in [6.07, 6.45) is 0. The van der Waals surface area contributed by atoms with Crippen LogP contribution in [0, 0.1) is 0 Å². The molecular formula is C15H18N2O3S. The van der Waals surface area contributed by atoms with Crippen molar-refractivity contribution in [1.29, 1.82) is 0 Å². The number of carbonyl (C=O) groups excluding carboxylic acids is 2. The average Bonchev–Trinajstić information content (AvgIpc) is 2.89. The first-order valence-electron chi connectivity index (χ1n) is 6.79. The first kappa shape index (κ1) is 15.3. The van der Waals surface area contributed by atoms with Gasteiger partial charge in [0.25, 0.3) is 5.91 Å². The summed E-state index contributed by atoms with van der Waals surface area (Å²) >= 11 is 1.33. The van der Waals surface area contributed by atoms with Gasteiger partial charge in [-0.05, 0) is 43.5 Å². The summed E-state index contributed by atoms with van der Waals surface area (Å²) in [4.78, 5) is 25.9. The Balaban J connectivity index is 2.03. The molecule has 21 heavy (non-hydrogen) atoms. The third-order valence-electron chi connectivity index (χ3n) is 3.18. The van der Waals surface area contributed by atoms with Crippen molar-refractivity contribution in [2.45, 2.75) is 13.8 Å². The van der Waals surface area contributed by atoms with E-state index in [1.54, 1.807) is 17.0 Å². The zero-order valence-electron chi connectivity index (χ0n) is 12.1. The molecule has 0 spiro atoms. The van der Waals surface area contributed by atoms with Crippen molar-refractivity contribution < 1.29 is 14.3 Å². The Labute approximate surface area is 127 Å². The summed E-state index contributed by atoms with van der Waals surface area (Å²) in [6, 6.07) is 7.20. The average molecular weight is 306 g/mol. The number of esters is 1. The van der Waals surface area contributed by atoms with E-state index in [2.05, 4.69) is 0 Å². The van der Waals surface area contributed by atoms with Crippen LogP contribution in [0.5, 0.6) is 0 Å². The van der Waals surface area contributed by atoms with Crippen LogP contribution < -0.4 is 5.73 Å². The van der Waals surface area contributed by atoms with Gasteiger partial charge < -0.3 is 15.4 Å². The molecule has 2 aromatic rings. The molecule has 1 aromatic heterocycles. The summed E-state index contributed by atoms with van der Waals surface area (Å²) in [6.45, 7) is 4.76. The van der Waals surface area contributed by atoms with Crippen molar-refractivity contribution in [3.8, 4) is 0 Å². The summed E-state index contributed by atoms with van der Waals surface area (Å²) in [5.41, 5.74) is 6.36. The molecule has 0 fully saturated rings. The number of rotatable bonds is 5. The summed E-state index contributed by atoms with van der Waals surface area (Å²) in [7, 11) is 0. The largest absolute Gasteiger partial charge is 0.451 e. The molecule has 5 nitrogen and oxygen atoms in total. The first-order valence-corrected chi connectivity index (χ1v) is 7.60. The van der Waals surface area contributed by atoms with Crippen molar-refractivity contribution in [3.05, 3.63) is 29.1 Å². The number of fused-ring (bicyclic) bond motifs is 1. The number of ether oxygens (including phenoxy) is 1. The van der Waals surface area contributed by atoms with Gasteiger partial charge in [0, 0.05) is 23.5 Å². The number of anilines is 1. The minimum absolute atomic E-state index is 0.182. The van der Waals surface area contributed by atoms with Gasteiger partial charge in [-0.3, -0.25) is 4.79 Å². The molecule has 0 aliphatic carbocycles. The topological polar surface area (TPSA) is 72.6 Å². The molecule has 0 aliphatic rings.